The molecule has 1 aromatic carbocycles. The molecule has 1 N–H and O–H groups in total. The van der Waals surface area contributed by atoms with Crippen molar-refractivity contribution in [2.75, 3.05) is 11.9 Å². The first-order valence-corrected chi connectivity index (χ1v) is 6.84. The molecule has 0 fully saturated rings. The fourth-order valence-electron chi connectivity index (χ4n) is 2.65. The van der Waals surface area contributed by atoms with Crippen LogP contribution >= 0.6 is 0 Å². The molecule has 0 radical (unpaired) electrons. The Morgan fingerprint density at radius 2 is 2.00 bits per heavy atom. The van der Waals surface area contributed by atoms with Crippen LogP contribution in [0.5, 0.6) is 0 Å². The molecular formula is C16H18N2O. The molecule has 19 heavy (non-hydrogen) atoms. The number of pyridine rings is 1. The van der Waals surface area contributed by atoms with E-state index in [1.807, 2.05) is 12.3 Å². The highest BCUT2D eigenvalue weighted by Gasteiger charge is 2.10. The van der Waals surface area contributed by atoms with Crippen molar-refractivity contribution in [1.29, 1.82) is 0 Å². The lowest BCUT2D eigenvalue weighted by Gasteiger charge is -2.09. The largest absolute Gasteiger partial charge is 0.383 e. The smallest absolute Gasteiger partial charge is 0.250 e. The highest BCUT2D eigenvalue weighted by atomic mass is 16.1. The lowest BCUT2D eigenvalue weighted by atomic mass is 10.1. The van der Waals surface area contributed by atoms with Crippen LogP contribution in [0.15, 0.2) is 47.4 Å². The van der Waals surface area contributed by atoms with Crippen molar-refractivity contribution >= 4 is 5.69 Å². The molecule has 0 saturated carbocycles. The van der Waals surface area contributed by atoms with Gasteiger partial charge >= 0.3 is 0 Å². The summed E-state index contributed by atoms with van der Waals surface area (Å²) in [5, 5.41) is 3.39. The zero-order chi connectivity index (χ0) is 13.1. The van der Waals surface area contributed by atoms with E-state index in [0.29, 0.717) is 6.54 Å². The van der Waals surface area contributed by atoms with E-state index in [9.17, 15) is 4.79 Å². The van der Waals surface area contributed by atoms with Gasteiger partial charge in [-0.15, -0.1) is 0 Å². The van der Waals surface area contributed by atoms with E-state index in [4.69, 9.17) is 0 Å². The van der Waals surface area contributed by atoms with E-state index < -0.39 is 0 Å². The first kappa shape index (κ1) is 12.0. The Balaban J connectivity index is 1.61. The maximum atomic E-state index is 11.6. The van der Waals surface area contributed by atoms with Gasteiger partial charge in [-0.25, -0.2) is 0 Å². The molecule has 0 unspecified atom stereocenters. The number of benzene rings is 1. The van der Waals surface area contributed by atoms with E-state index in [2.05, 4.69) is 23.5 Å². The van der Waals surface area contributed by atoms with Crippen LogP contribution in [0.4, 0.5) is 5.69 Å². The molecule has 0 amide bonds. The number of nitrogens with one attached hydrogen (secondary N) is 1. The van der Waals surface area contributed by atoms with Crippen LogP contribution in [0, 0.1) is 0 Å². The summed E-state index contributed by atoms with van der Waals surface area (Å²) >= 11 is 0. The third-order valence-corrected chi connectivity index (χ3v) is 3.68. The van der Waals surface area contributed by atoms with Crippen LogP contribution in [0.3, 0.4) is 0 Å². The van der Waals surface area contributed by atoms with Gasteiger partial charge < -0.3 is 9.88 Å². The molecule has 98 valence electrons. The van der Waals surface area contributed by atoms with Gasteiger partial charge in [0.1, 0.15) is 0 Å². The Bertz CT molecular complexity index is 631. The molecule has 3 nitrogen and oxygen atoms in total. The second-order valence-corrected chi connectivity index (χ2v) is 5.00. The molecule has 0 saturated heterocycles. The number of hydrogen-bond donors (Lipinski definition) is 1. The SMILES string of the molecule is O=c1ccccn1CCNc1ccc2c(c1)CCC2. The van der Waals surface area contributed by atoms with E-state index in [0.717, 1.165) is 12.2 Å². The molecule has 0 bridgehead atoms. The molecule has 3 rings (SSSR count). The molecule has 0 aliphatic heterocycles. The van der Waals surface area contributed by atoms with Gasteiger partial charge in [0.15, 0.2) is 0 Å². The fourth-order valence-corrected chi connectivity index (χ4v) is 2.65. The predicted octanol–water partition coefficient (Wildman–Crippen LogP) is 2.45. The Morgan fingerprint density at radius 1 is 1.11 bits per heavy atom. The van der Waals surface area contributed by atoms with Gasteiger partial charge in [0, 0.05) is 31.0 Å². The van der Waals surface area contributed by atoms with Crippen molar-refractivity contribution in [1.82, 2.24) is 4.57 Å². The van der Waals surface area contributed by atoms with Crippen molar-refractivity contribution in [3.8, 4) is 0 Å². The van der Waals surface area contributed by atoms with Gasteiger partial charge in [-0.1, -0.05) is 12.1 Å². The molecular weight excluding hydrogens is 236 g/mol. The van der Waals surface area contributed by atoms with Crippen molar-refractivity contribution in [2.24, 2.45) is 0 Å². The Labute approximate surface area is 112 Å². The minimum atomic E-state index is 0.0539. The van der Waals surface area contributed by atoms with Crippen molar-refractivity contribution in [3.05, 3.63) is 64.1 Å². The average molecular weight is 254 g/mol. The fraction of sp³-hybridized carbons (Fsp3) is 0.312. The molecule has 1 heterocycles. The summed E-state index contributed by atoms with van der Waals surface area (Å²) in [6, 6.07) is 11.9. The number of fused-ring (bicyclic) bond motifs is 1. The summed E-state index contributed by atoms with van der Waals surface area (Å²) in [6.45, 7) is 1.46. The topological polar surface area (TPSA) is 34.0 Å². The molecule has 1 aliphatic rings. The van der Waals surface area contributed by atoms with Gasteiger partial charge in [0.2, 0.25) is 0 Å². The van der Waals surface area contributed by atoms with Crippen LogP contribution in [0.1, 0.15) is 17.5 Å². The predicted molar refractivity (Wildman–Crippen MR) is 77.7 cm³/mol. The summed E-state index contributed by atoms with van der Waals surface area (Å²) in [7, 11) is 0. The van der Waals surface area contributed by atoms with Gasteiger partial charge in [0.05, 0.1) is 0 Å². The highest BCUT2D eigenvalue weighted by molar-refractivity contribution is 5.50. The van der Waals surface area contributed by atoms with Gasteiger partial charge in [-0.05, 0) is 48.6 Å². The summed E-state index contributed by atoms with van der Waals surface area (Å²) in [4.78, 5) is 11.6. The normalized spacial score (nSPS) is 13.3. The number of rotatable bonds is 4. The third kappa shape index (κ3) is 2.70. The monoisotopic (exact) mass is 254 g/mol. The minimum Gasteiger partial charge on any atom is -0.383 e. The number of nitrogens with zero attached hydrogens (tertiary/aromatic N) is 1. The van der Waals surface area contributed by atoms with E-state index in [1.54, 1.807) is 16.7 Å². The standard InChI is InChI=1S/C16H18N2O/c19-16-6-1-2-10-18(16)11-9-17-15-8-7-13-4-3-5-14(13)12-15/h1-2,6-8,10,12,17H,3-5,9,11H2. The van der Waals surface area contributed by atoms with Crippen molar-refractivity contribution in [3.63, 3.8) is 0 Å². The lowest BCUT2D eigenvalue weighted by Crippen LogP contribution is -2.22. The number of aryl methyl sites for hydroxylation is 2. The van der Waals surface area contributed by atoms with Gasteiger partial charge in [-0.2, -0.15) is 0 Å². The van der Waals surface area contributed by atoms with Crippen molar-refractivity contribution in [2.45, 2.75) is 25.8 Å². The highest BCUT2D eigenvalue weighted by Crippen LogP contribution is 2.24. The summed E-state index contributed by atoms with van der Waals surface area (Å²) in [5.41, 5.74) is 4.18. The molecule has 0 atom stereocenters. The molecule has 2 aromatic rings. The van der Waals surface area contributed by atoms with Crippen LogP contribution in [0.25, 0.3) is 0 Å². The van der Waals surface area contributed by atoms with Gasteiger partial charge in [0.25, 0.3) is 5.56 Å². The maximum Gasteiger partial charge on any atom is 0.250 e. The Morgan fingerprint density at radius 3 is 2.89 bits per heavy atom. The zero-order valence-electron chi connectivity index (χ0n) is 10.9. The van der Waals surface area contributed by atoms with Crippen LogP contribution in [-0.2, 0) is 19.4 Å². The van der Waals surface area contributed by atoms with Gasteiger partial charge in [-0.3, -0.25) is 4.79 Å². The quantitative estimate of drug-likeness (QED) is 0.909. The first-order valence-electron chi connectivity index (χ1n) is 6.84. The van der Waals surface area contributed by atoms with E-state index in [1.165, 1.54) is 30.4 Å². The second kappa shape index (κ2) is 5.31. The third-order valence-electron chi connectivity index (χ3n) is 3.68. The van der Waals surface area contributed by atoms with E-state index >= 15 is 0 Å². The van der Waals surface area contributed by atoms with Crippen LogP contribution < -0.4 is 10.9 Å². The first-order chi connectivity index (χ1) is 9.33. The molecule has 3 heteroatoms. The van der Waals surface area contributed by atoms with Crippen molar-refractivity contribution < 1.29 is 0 Å². The summed E-state index contributed by atoms with van der Waals surface area (Å²) < 4.78 is 1.72. The van der Waals surface area contributed by atoms with E-state index in [-0.39, 0.29) is 5.56 Å². The molecule has 1 aromatic heterocycles. The van der Waals surface area contributed by atoms with Crippen LogP contribution in [0.2, 0.25) is 0 Å². The number of aromatic nitrogens is 1. The summed E-state index contributed by atoms with van der Waals surface area (Å²) in [6.07, 6.45) is 5.52. The maximum absolute atomic E-state index is 11.6. The lowest BCUT2D eigenvalue weighted by molar-refractivity contribution is 0.697. The second-order valence-electron chi connectivity index (χ2n) is 5.00. The Kier molecular flexibility index (Phi) is 3.36. The number of hydrogen-bond acceptors (Lipinski definition) is 2. The summed E-state index contributed by atoms with van der Waals surface area (Å²) in [5.74, 6) is 0. The number of anilines is 1. The minimum absolute atomic E-state index is 0.0539. The zero-order valence-corrected chi connectivity index (χ0v) is 10.9. The average Bonchev–Trinajstić information content (AvgIpc) is 2.88. The van der Waals surface area contributed by atoms with Crippen LogP contribution in [-0.4, -0.2) is 11.1 Å². The Hall–Kier alpha value is -2.03. The molecule has 0 spiro atoms. The molecule has 1 aliphatic carbocycles.